The molecule has 0 aromatic carbocycles. The second-order valence-electron chi connectivity index (χ2n) is 4.40. The summed E-state index contributed by atoms with van der Waals surface area (Å²) in [6.07, 6.45) is 3.96. The minimum absolute atomic E-state index is 0.769. The Morgan fingerprint density at radius 2 is 2.39 bits per heavy atom. The van der Waals surface area contributed by atoms with Gasteiger partial charge < -0.3 is 5.32 Å². The molecule has 3 rings (SSSR count). The molecule has 18 heavy (non-hydrogen) atoms. The number of nitrogens with zero attached hydrogens (tertiary/aromatic N) is 2. The van der Waals surface area contributed by atoms with Crippen molar-refractivity contribution in [2.75, 3.05) is 23.8 Å². The SMILES string of the molecule is c1ccn2ncc(CNCC3CSCCS3)c2c1. The summed E-state index contributed by atoms with van der Waals surface area (Å²) >= 11 is 4.18. The average Bonchev–Trinajstić information content (AvgIpc) is 2.84. The van der Waals surface area contributed by atoms with Crippen LogP contribution in [-0.4, -0.2) is 38.7 Å². The van der Waals surface area contributed by atoms with Gasteiger partial charge in [-0.2, -0.15) is 28.6 Å². The predicted octanol–water partition coefficient (Wildman–Crippen LogP) is 2.27. The van der Waals surface area contributed by atoms with Gasteiger partial charge in [-0.3, -0.25) is 0 Å². The van der Waals surface area contributed by atoms with Crippen LogP contribution in [0, 0.1) is 0 Å². The molecule has 1 N–H and O–H groups in total. The molecule has 0 amide bonds. The van der Waals surface area contributed by atoms with E-state index in [0.717, 1.165) is 18.3 Å². The molecule has 0 spiro atoms. The highest BCUT2D eigenvalue weighted by molar-refractivity contribution is 8.06. The van der Waals surface area contributed by atoms with Crippen LogP contribution in [0.25, 0.3) is 5.52 Å². The molecule has 5 heteroatoms. The second-order valence-corrected chi connectivity index (χ2v) is 6.96. The van der Waals surface area contributed by atoms with Crippen LogP contribution in [0.2, 0.25) is 0 Å². The minimum atomic E-state index is 0.769. The molecule has 1 fully saturated rings. The van der Waals surface area contributed by atoms with Gasteiger partial charge in [0.05, 0.1) is 11.7 Å². The normalized spacial score (nSPS) is 20.3. The maximum atomic E-state index is 4.35. The molecule has 1 aliphatic rings. The van der Waals surface area contributed by atoms with E-state index in [2.05, 4.69) is 46.1 Å². The predicted molar refractivity (Wildman–Crippen MR) is 80.5 cm³/mol. The Morgan fingerprint density at radius 3 is 3.28 bits per heavy atom. The van der Waals surface area contributed by atoms with Gasteiger partial charge in [0.15, 0.2) is 0 Å². The van der Waals surface area contributed by atoms with Gasteiger partial charge in [-0.25, -0.2) is 4.52 Å². The highest BCUT2D eigenvalue weighted by Gasteiger charge is 2.13. The number of pyridine rings is 1. The zero-order chi connectivity index (χ0) is 12.2. The topological polar surface area (TPSA) is 29.3 Å². The Balaban J connectivity index is 1.56. The lowest BCUT2D eigenvalue weighted by Crippen LogP contribution is -2.28. The van der Waals surface area contributed by atoms with Crippen LogP contribution in [0.15, 0.2) is 30.6 Å². The first-order valence-electron chi connectivity index (χ1n) is 6.25. The number of hydrogen-bond donors (Lipinski definition) is 1. The molecule has 1 saturated heterocycles. The van der Waals surface area contributed by atoms with Crippen LogP contribution >= 0.6 is 23.5 Å². The van der Waals surface area contributed by atoms with Crippen LogP contribution < -0.4 is 5.32 Å². The van der Waals surface area contributed by atoms with E-state index in [0.29, 0.717) is 0 Å². The fraction of sp³-hybridized carbons (Fsp3) is 0.462. The van der Waals surface area contributed by atoms with E-state index < -0.39 is 0 Å². The van der Waals surface area contributed by atoms with E-state index >= 15 is 0 Å². The van der Waals surface area contributed by atoms with Crippen LogP contribution in [0.5, 0.6) is 0 Å². The summed E-state index contributed by atoms with van der Waals surface area (Å²) in [7, 11) is 0. The van der Waals surface area contributed by atoms with Gasteiger partial charge in [0.2, 0.25) is 0 Å². The third kappa shape index (κ3) is 2.84. The van der Waals surface area contributed by atoms with Crippen LogP contribution in [0.3, 0.4) is 0 Å². The summed E-state index contributed by atoms with van der Waals surface area (Å²) in [4.78, 5) is 0. The number of nitrogens with one attached hydrogen (secondary N) is 1. The van der Waals surface area contributed by atoms with Crippen LogP contribution in [-0.2, 0) is 6.54 Å². The third-order valence-corrected chi connectivity index (χ3v) is 5.92. The molecule has 0 radical (unpaired) electrons. The summed E-state index contributed by atoms with van der Waals surface area (Å²) < 4.78 is 1.93. The molecule has 2 aromatic heterocycles. The standard InChI is InChI=1S/C13H17N3S2/c1-2-4-16-13(3-1)11(8-15-16)7-14-9-12-10-17-5-6-18-12/h1-4,8,12,14H,5-7,9-10H2. The molecule has 3 heterocycles. The van der Waals surface area contributed by atoms with E-state index in [1.165, 1.54) is 28.3 Å². The van der Waals surface area contributed by atoms with Crippen molar-refractivity contribution >= 4 is 29.0 Å². The van der Waals surface area contributed by atoms with Crippen molar-refractivity contribution in [3.05, 3.63) is 36.2 Å². The molecule has 3 nitrogen and oxygen atoms in total. The Hall–Kier alpha value is -0.650. The van der Waals surface area contributed by atoms with Crippen molar-refractivity contribution in [2.45, 2.75) is 11.8 Å². The van der Waals surface area contributed by atoms with E-state index in [1.54, 1.807) is 0 Å². The summed E-state index contributed by atoms with van der Waals surface area (Å²) in [6.45, 7) is 2.01. The number of hydrogen-bond acceptors (Lipinski definition) is 4. The van der Waals surface area contributed by atoms with E-state index in [9.17, 15) is 0 Å². The van der Waals surface area contributed by atoms with Gasteiger partial charge in [-0.1, -0.05) is 6.07 Å². The molecule has 0 saturated carbocycles. The molecular formula is C13H17N3S2. The Labute approximate surface area is 116 Å². The maximum Gasteiger partial charge on any atom is 0.0706 e. The Morgan fingerprint density at radius 1 is 1.39 bits per heavy atom. The van der Waals surface area contributed by atoms with Gasteiger partial charge >= 0.3 is 0 Å². The molecular weight excluding hydrogens is 262 g/mol. The lowest BCUT2D eigenvalue weighted by molar-refractivity contribution is 0.689. The molecule has 2 aromatic rings. The van der Waals surface area contributed by atoms with Crippen molar-refractivity contribution in [2.24, 2.45) is 0 Å². The van der Waals surface area contributed by atoms with Crippen molar-refractivity contribution in [3.63, 3.8) is 0 Å². The first-order chi connectivity index (χ1) is 8.93. The zero-order valence-electron chi connectivity index (χ0n) is 10.2. The number of rotatable bonds is 4. The summed E-state index contributed by atoms with van der Waals surface area (Å²) in [5.74, 6) is 3.90. The average molecular weight is 279 g/mol. The smallest absolute Gasteiger partial charge is 0.0706 e. The highest BCUT2D eigenvalue weighted by atomic mass is 32.2. The minimum Gasteiger partial charge on any atom is -0.311 e. The fourth-order valence-corrected chi connectivity index (χ4v) is 4.79. The number of aromatic nitrogens is 2. The van der Waals surface area contributed by atoms with Gasteiger partial charge in [0, 0.05) is 47.4 Å². The molecule has 1 aliphatic heterocycles. The molecule has 0 aliphatic carbocycles. The lowest BCUT2D eigenvalue weighted by atomic mass is 10.2. The van der Waals surface area contributed by atoms with E-state index in [1.807, 2.05) is 23.0 Å². The molecule has 1 unspecified atom stereocenters. The molecule has 1 atom stereocenters. The third-order valence-electron chi connectivity index (χ3n) is 3.08. The van der Waals surface area contributed by atoms with E-state index in [-0.39, 0.29) is 0 Å². The highest BCUT2D eigenvalue weighted by Crippen LogP contribution is 2.23. The van der Waals surface area contributed by atoms with Gasteiger partial charge in [0.25, 0.3) is 0 Å². The number of thioether (sulfide) groups is 2. The Bertz CT molecular complexity index is 506. The fourth-order valence-electron chi connectivity index (χ4n) is 2.15. The van der Waals surface area contributed by atoms with Gasteiger partial charge in [-0.15, -0.1) is 0 Å². The quantitative estimate of drug-likeness (QED) is 0.930. The summed E-state index contributed by atoms with van der Waals surface area (Å²) in [6, 6.07) is 6.19. The van der Waals surface area contributed by atoms with Crippen molar-refractivity contribution in [3.8, 4) is 0 Å². The Kier molecular flexibility index (Phi) is 4.13. The maximum absolute atomic E-state index is 4.35. The monoisotopic (exact) mass is 279 g/mol. The van der Waals surface area contributed by atoms with Gasteiger partial charge in [-0.05, 0) is 12.1 Å². The first-order valence-corrected chi connectivity index (χ1v) is 8.45. The van der Waals surface area contributed by atoms with Crippen LogP contribution in [0.1, 0.15) is 5.56 Å². The van der Waals surface area contributed by atoms with Gasteiger partial charge in [0.1, 0.15) is 0 Å². The van der Waals surface area contributed by atoms with Crippen molar-refractivity contribution in [1.82, 2.24) is 14.9 Å². The molecule has 0 bridgehead atoms. The summed E-state index contributed by atoms with van der Waals surface area (Å²) in [5.41, 5.74) is 2.49. The second kappa shape index (κ2) is 5.99. The zero-order valence-corrected chi connectivity index (χ0v) is 11.8. The summed E-state index contributed by atoms with van der Waals surface area (Å²) in [5, 5.41) is 8.68. The molecule has 96 valence electrons. The van der Waals surface area contributed by atoms with Crippen molar-refractivity contribution < 1.29 is 0 Å². The van der Waals surface area contributed by atoms with E-state index in [4.69, 9.17) is 0 Å². The first kappa shape index (κ1) is 12.4. The lowest BCUT2D eigenvalue weighted by Gasteiger charge is -2.21. The number of fused-ring (bicyclic) bond motifs is 1. The largest absolute Gasteiger partial charge is 0.311 e. The van der Waals surface area contributed by atoms with Crippen molar-refractivity contribution in [1.29, 1.82) is 0 Å². The van der Waals surface area contributed by atoms with Crippen LogP contribution in [0.4, 0.5) is 0 Å².